The van der Waals surface area contributed by atoms with Crippen LogP contribution in [0.5, 0.6) is 5.75 Å². The topological polar surface area (TPSA) is 24.5 Å². The van der Waals surface area contributed by atoms with Crippen molar-refractivity contribution in [3.63, 3.8) is 0 Å². The predicted octanol–water partition coefficient (Wildman–Crippen LogP) is 4.22. The molecule has 3 nitrogen and oxygen atoms in total. The second kappa shape index (κ2) is 8.90. The van der Waals surface area contributed by atoms with Crippen molar-refractivity contribution in [2.24, 2.45) is 5.92 Å². The maximum atomic E-state index is 5.45. The summed E-state index contributed by atoms with van der Waals surface area (Å²) < 4.78 is 5.45. The van der Waals surface area contributed by atoms with Gasteiger partial charge in [-0.15, -0.1) is 12.4 Å². The molecule has 1 saturated heterocycles. The number of hydrogen-bond acceptors (Lipinski definition) is 3. The summed E-state index contributed by atoms with van der Waals surface area (Å²) in [7, 11) is 1.75. The highest BCUT2D eigenvalue weighted by atomic mass is 35.5. The molecular formula is C22H29ClN2O. The normalized spacial score (nSPS) is 20.9. The highest BCUT2D eigenvalue weighted by Gasteiger charge is 2.29. The van der Waals surface area contributed by atoms with Crippen LogP contribution in [0.25, 0.3) is 0 Å². The largest absolute Gasteiger partial charge is 0.497 e. The van der Waals surface area contributed by atoms with Gasteiger partial charge in [-0.25, -0.2) is 0 Å². The van der Waals surface area contributed by atoms with Crippen LogP contribution in [-0.2, 0) is 13.0 Å². The molecule has 1 fully saturated rings. The molecule has 2 heterocycles. The molecule has 0 amide bonds. The molecule has 140 valence electrons. The van der Waals surface area contributed by atoms with E-state index in [4.69, 9.17) is 4.74 Å². The molecule has 0 bridgehead atoms. The van der Waals surface area contributed by atoms with E-state index < -0.39 is 0 Å². The van der Waals surface area contributed by atoms with E-state index in [1.807, 2.05) is 0 Å². The highest BCUT2D eigenvalue weighted by molar-refractivity contribution is 5.85. The summed E-state index contributed by atoms with van der Waals surface area (Å²) in [6.45, 7) is 4.55. The van der Waals surface area contributed by atoms with Gasteiger partial charge in [-0.2, -0.15) is 0 Å². The number of nitrogens with one attached hydrogen (secondary N) is 1. The fourth-order valence-electron chi connectivity index (χ4n) is 4.33. The second-order valence-corrected chi connectivity index (χ2v) is 7.39. The smallest absolute Gasteiger partial charge is 0.119 e. The third-order valence-corrected chi connectivity index (χ3v) is 5.78. The Morgan fingerprint density at radius 2 is 1.81 bits per heavy atom. The van der Waals surface area contributed by atoms with E-state index in [0.717, 1.165) is 24.6 Å². The summed E-state index contributed by atoms with van der Waals surface area (Å²) in [6.07, 6.45) is 3.68. The first-order valence-electron chi connectivity index (χ1n) is 9.49. The molecule has 1 N–H and O–H groups in total. The lowest BCUT2D eigenvalue weighted by Crippen LogP contribution is -2.40. The fraction of sp³-hybridized carbons (Fsp3) is 0.455. The van der Waals surface area contributed by atoms with Gasteiger partial charge in [0.25, 0.3) is 0 Å². The number of halogens is 1. The number of benzene rings is 2. The summed E-state index contributed by atoms with van der Waals surface area (Å²) in [5.74, 6) is 1.78. The molecule has 4 heteroatoms. The lowest BCUT2D eigenvalue weighted by molar-refractivity contribution is 0.131. The first kappa shape index (κ1) is 19.2. The van der Waals surface area contributed by atoms with Gasteiger partial charge in [0, 0.05) is 19.1 Å². The molecule has 0 aromatic heterocycles. The maximum absolute atomic E-state index is 5.45. The van der Waals surface area contributed by atoms with Gasteiger partial charge in [0.15, 0.2) is 0 Å². The molecule has 1 atom stereocenters. The Kier molecular flexibility index (Phi) is 6.58. The van der Waals surface area contributed by atoms with Gasteiger partial charge >= 0.3 is 0 Å². The maximum Gasteiger partial charge on any atom is 0.119 e. The average molecular weight is 373 g/mol. The zero-order chi connectivity index (χ0) is 17.1. The third kappa shape index (κ3) is 4.22. The van der Waals surface area contributed by atoms with Gasteiger partial charge in [-0.1, -0.05) is 36.4 Å². The van der Waals surface area contributed by atoms with Crippen molar-refractivity contribution in [2.75, 3.05) is 26.7 Å². The summed E-state index contributed by atoms with van der Waals surface area (Å²) >= 11 is 0. The molecule has 2 aromatic carbocycles. The lowest BCUT2D eigenvalue weighted by atomic mass is 9.87. The van der Waals surface area contributed by atoms with Gasteiger partial charge in [-0.3, -0.25) is 4.90 Å². The Labute approximate surface area is 163 Å². The van der Waals surface area contributed by atoms with Gasteiger partial charge in [-0.05, 0) is 67.1 Å². The molecule has 2 aromatic rings. The standard InChI is InChI=1S/C22H28N2O.ClH/c1-25-21-8-7-19-14-22(18-5-3-2-4-6-18)24(16-20(19)13-21)15-17-9-11-23-12-10-17;/h2-8,13,17,22-23H,9-12,14-16H2,1H3;1H. The van der Waals surface area contributed by atoms with Crippen LogP contribution < -0.4 is 10.1 Å². The summed E-state index contributed by atoms with van der Waals surface area (Å²) in [6, 6.07) is 18.1. The van der Waals surface area contributed by atoms with Crippen molar-refractivity contribution in [1.82, 2.24) is 10.2 Å². The van der Waals surface area contributed by atoms with E-state index in [1.165, 1.54) is 49.2 Å². The zero-order valence-corrected chi connectivity index (χ0v) is 16.3. The minimum atomic E-state index is 0. The van der Waals surface area contributed by atoms with Gasteiger partial charge in [0.1, 0.15) is 5.75 Å². The minimum Gasteiger partial charge on any atom is -0.497 e. The SMILES string of the molecule is COc1ccc2c(c1)CN(CC1CCNCC1)C(c1ccccc1)C2.Cl. The van der Waals surface area contributed by atoms with Gasteiger partial charge in [0.2, 0.25) is 0 Å². The molecule has 0 spiro atoms. The van der Waals surface area contributed by atoms with Crippen LogP contribution in [0.15, 0.2) is 48.5 Å². The molecule has 4 rings (SSSR count). The van der Waals surface area contributed by atoms with Crippen LogP contribution in [0.4, 0.5) is 0 Å². The number of hydrogen-bond donors (Lipinski definition) is 1. The van der Waals surface area contributed by atoms with E-state index in [1.54, 1.807) is 7.11 Å². The van der Waals surface area contributed by atoms with Crippen molar-refractivity contribution in [3.8, 4) is 5.75 Å². The van der Waals surface area contributed by atoms with Crippen LogP contribution in [0.1, 0.15) is 35.6 Å². The molecule has 26 heavy (non-hydrogen) atoms. The average Bonchev–Trinajstić information content (AvgIpc) is 2.68. The number of rotatable bonds is 4. The molecule has 1 unspecified atom stereocenters. The quantitative estimate of drug-likeness (QED) is 0.869. The van der Waals surface area contributed by atoms with Crippen LogP contribution >= 0.6 is 12.4 Å². The van der Waals surface area contributed by atoms with Crippen molar-refractivity contribution < 1.29 is 4.74 Å². The molecule has 0 saturated carbocycles. The van der Waals surface area contributed by atoms with Crippen molar-refractivity contribution in [2.45, 2.75) is 31.8 Å². The monoisotopic (exact) mass is 372 g/mol. The Bertz CT molecular complexity index is 701. The fourth-order valence-corrected chi connectivity index (χ4v) is 4.33. The second-order valence-electron chi connectivity index (χ2n) is 7.39. The van der Waals surface area contributed by atoms with Gasteiger partial charge < -0.3 is 10.1 Å². The van der Waals surface area contributed by atoms with E-state index in [9.17, 15) is 0 Å². The van der Waals surface area contributed by atoms with E-state index in [2.05, 4.69) is 58.7 Å². The summed E-state index contributed by atoms with van der Waals surface area (Å²) in [5, 5.41) is 3.49. The zero-order valence-electron chi connectivity index (χ0n) is 15.5. The highest BCUT2D eigenvalue weighted by Crippen LogP contribution is 2.35. The molecule has 2 aliphatic heterocycles. The molecular weight excluding hydrogens is 344 g/mol. The molecule has 2 aliphatic rings. The Hall–Kier alpha value is -1.55. The number of methoxy groups -OCH3 is 1. The summed E-state index contributed by atoms with van der Waals surface area (Å²) in [5.41, 5.74) is 4.34. The van der Waals surface area contributed by atoms with Crippen LogP contribution in [-0.4, -0.2) is 31.6 Å². The summed E-state index contributed by atoms with van der Waals surface area (Å²) in [4.78, 5) is 2.70. The molecule has 0 radical (unpaired) electrons. The minimum absolute atomic E-state index is 0. The van der Waals surface area contributed by atoms with Crippen LogP contribution in [0, 0.1) is 5.92 Å². The Morgan fingerprint density at radius 3 is 2.54 bits per heavy atom. The van der Waals surface area contributed by atoms with E-state index in [0.29, 0.717) is 6.04 Å². The Morgan fingerprint density at radius 1 is 1.04 bits per heavy atom. The molecule has 0 aliphatic carbocycles. The first-order valence-corrected chi connectivity index (χ1v) is 9.49. The first-order chi connectivity index (χ1) is 12.3. The van der Waals surface area contributed by atoms with Crippen molar-refractivity contribution in [3.05, 3.63) is 65.2 Å². The van der Waals surface area contributed by atoms with Crippen LogP contribution in [0.3, 0.4) is 0 Å². The van der Waals surface area contributed by atoms with E-state index in [-0.39, 0.29) is 12.4 Å². The predicted molar refractivity (Wildman–Crippen MR) is 109 cm³/mol. The van der Waals surface area contributed by atoms with Crippen molar-refractivity contribution >= 4 is 12.4 Å². The third-order valence-electron chi connectivity index (χ3n) is 5.78. The van der Waals surface area contributed by atoms with E-state index >= 15 is 0 Å². The van der Waals surface area contributed by atoms with Crippen LogP contribution in [0.2, 0.25) is 0 Å². The number of ether oxygens (including phenoxy) is 1. The number of nitrogens with zero attached hydrogens (tertiary/aromatic N) is 1. The Balaban J connectivity index is 0.00000196. The lowest BCUT2D eigenvalue weighted by Gasteiger charge is -2.40. The number of fused-ring (bicyclic) bond motifs is 1. The number of piperidine rings is 1. The van der Waals surface area contributed by atoms with Gasteiger partial charge in [0.05, 0.1) is 7.11 Å². The van der Waals surface area contributed by atoms with Crippen molar-refractivity contribution in [1.29, 1.82) is 0 Å².